The molecule has 1 aromatic carbocycles. The van der Waals surface area contributed by atoms with Crippen LogP contribution < -0.4 is 4.74 Å². The number of hydrogen-bond acceptors (Lipinski definition) is 3. The maximum Gasteiger partial charge on any atom is 0.226 e. The Morgan fingerprint density at radius 1 is 1.26 bits per heavy atom. The number of ether oxygens (including phenoxy) is 1. The molecule has 2 fully saturated rings. The van der Waals surface area contributed by atoms with Gasteiger partial charge in [-0.25, -0.2) is 0 Å². The number of amides is 1. The molecule has 4 heteroatoms. The average Bonchev–Trinajstić information content (AvgIpc) is 3.00. The van der Waals surface area contributed by atoms with Crippen LogP contribution in [0.15, 0.2) is 36.4 Å². The summed E-state index contributed by atoms with van der Waals surface area (Å²) < 4.78 is 5.29. The summed E-state index contributed by atoms with van der Waals surface area (Å²) >= 11 is 0. The van der Waals surface area contributed by atoms with Gasteiger partial charge in [-0.15, -0.1) is 0 Å². The number of carbonyl (C=O) groups excluding carboxylic acids is 1. The summed E-state index contributed by atoms with van der Waals surface area (Å²) in [7, 11) is 1.69. The molecule has 0 bridgehead atoms. The summed E-state index contributed by atoms with van der Waals surface area (Å²) in [5.41, 5.74) is 1.24. The van der Waals surface area contributed by atoms with E-state index in [1.165, 1.54) is 5.56 Å². The Kier molecular flexibility index (Phi) is 3.85. The molecule has 2 heterocycles. The maximum absolute atomic E-state index is 12.8. The molecule has 1 aliphatic carbocycles. The molecule has 0 radical (unpaired) electrons. The Morgan fingerprint density at radius 2 is 2.09 bits per heavy atom. The van der Waals surface area contributed by atoms with Crippen molar-refractivity contribution in [1.82, 2.24) is 9.80 Å². The molecule has 1 saturated carbocycles. The second kappa shape index (κ2) is 6.00. The van der Waals surface area contributed by atoms with Gasteiger partial charge in [-0.1, -0.05) is 24.3 Å². The molecule has 4 rings (SSSR count). The summed E-state index contributed by atoms with van der Waals surface area (Å²) in [6, 6.07) is 8.70. The lowest BCUT2D eigenvalue weighted by molar-refractivity contribution is -0.131. The van der Waals surface area contributed by atoms with Gasteiger partial charge in [0.1, 0.15) is 5.75 Å². The standard InChI is InChI=1S/C19H24N2O2/c1-23-16-6-4-5-14(11-16)17-12-18(17)19(22)21-10-7-15(13-21)20-8-2-3-9-20/h2-6,11,15,17-18H,7-10,12-13H2,1H3/t15-,17-,18-/m0/s1. The lowest BCUT2D eigenvalue weighted by Crippen LogP contribution is -2.38. The number of methoxy groups -OCH3 is 1. The number of likely N-dealkylation sites (tertiary alicyclic amines) is 1. The van der Waals surface area contributed by atoms with Gasteiger partial charge in [-0.05, 0) is 36.5 Å². The van der Waals surface area contributed by atoms with Gasteiger partial charge in [0.15, 0.2) is 0 Å². The van der Waals surface area contributed by atoms with E-state index in [4.69, 9.17) is 4.74 Å². The van der Waals surface area contributed by atoms with Crippen molar-refractivity contribution in [2.45, 2.75) is 24.8 Å². The molecule has 23 heavy (non-hydrogen) atoms. The van der Waals surface area contributed by atoms with Crippen LogP contribution in [0, 0.1) is 5.92 Å². The molecule has 0 N–H and O–H groups in total. The van der Waals surface area contributed by atoms with Crippen LogP contribution in [0.5, 0.6) is 5.75 Å². The minimum absolute atomic E-state index is 0.178. The number of carbonyl (C=O) groups is 1. The predicted molar refractivity (Wildman–Crippen MR) is 89.5 cm³/mol. The van der Waals surface area contributed by atoms with Crippen molar-refractivity contribution in [2.24, 2.45) is 5.92 Å². The highest BCUT2D eigenvalue weighted by molar-refractivity contribution is 5.83. The van der Waals surface area contributed by atoms with Crippen molar-refractivity contribution in [2.75, 3.05) is 33.3 Å². The lowest BCUT2D eigenvalue weighted by Gasteiger charge is -2.23. The fraction of sp³-hybridized carbons (Fsp3) is 0.526. The SMILES string of the molecule is COc1cccc([C@@H]2C[C@@H]2C(=O)N2CC[C@H](N3CC=CC3)C2)c1. The van der Waals surface area contributed by atoms with Gasteiger partial charge in [-0.2, -0.15) is 0 Å². The van der Waals surface area contributed by atoms with Crippen molar-refractivity contribution >= 4 is 5.91 Å². The van der Waals surface area contributed by atoms with Gasteiger partial charge in [0, 0.05) is 38.1 Å². The van der Waals surface area contributed by atoms with Crippen LogP contribution in [0.25, 0.3) is 0 Å². The van der Waals surface area contributed by atoms with Crippen molar-refractivity contribution in [3.8, 4) is 5.75 Å². The van der Waals surface area contributed by atoms with Crippen LogP contribution in [0.2, 0.25) is 0 Å². The van der Waals surface area contributed by atoms with Gasteiger partial charge in [0.2, 0.25) is 5.91 Å². The third kappa shape index (κ3) is 2.88. The van der Waals surface area contributed by atoms with E-state index < -0.39 is 0 Å². The molecule has 1 saturated heterocycles. The third-order valence-electron chi connectivity index (χ3n) is 5.47. The Bertz CT molecular complexity index is 620. The van der Waals surface area contributed by atoms with Crippen LogP contribution in [0.1, 0.15) is 24.3 Å². The topological polar surface area (TPSA) is 32.8 Å². The van der Waals surface area contributed by atoms with Crippen LogP contribution in [-0.4, -0.2) is 55.0 Å². The number of rotatable bonds is 4. The van der Waals surface area contributed by atoms with Crippen molar-refractivity contribution in [3.05, 3.63) is 42.0 Å². The molecule has 2 aliphatic heterocycles. The Morgan fingerprint density at radius 3 is 2.87 bits per heavy atom. The fourth-order valence-corrected chi connectivity index (χ4v) is 3.98. The minimum Gasteiger partial charge on any atom is -0.497 e. The van der Waals surface area contributed by atoms with Crippen LogP contribution >= 0.6 is 0 Å². The Balaban J connectivity index is 1.35. The zero-order valence-corrected chi connectivity index (χ0v) is 13.6. The first kappa shape index (κ1) is 14.8. The second-order valence-electron chi connectivity index (χ2n) is 6.88. The predicted octanol–water partition coefficient (Wildman–Crippen LogP) is 2.27. The summed E-state index contributed by atoms with van der Waals surface area (Å²) in [4.78, 5) is 17.3. The van der Waals surface area contributed by atoms with E-state index in [-0.39, 0.29) is 5.92 Å². The van der Waals surface area contributed by atoms with Crippen LogP contribution in [-0.2, 0) is 4.79 Å². The van der Waals surface area contributed by atoms with Gasteiger partial charge < -0.3 is 9.64 Å². The van der Waals surface area contributed by atoms with Gasteiger partial charge >= 0.3 is 0 Å². The molecular formula is C19H24N2O2. The number of hydrogen-bond donors (Lipinski definition) is 0. The first-order valence-electron chi connectivity index (χ1n) is 8.58. The molecule has 3 atom stereocenters. The van der Waals surface area contributed by atoms with E-state index in [1.54, 1.807) is 7.11 Å². The molecule has 1 amide bonds. The highest BCUT2D eigenvalue weighted by atomic mass is 16.5. The first-order valence-corrected chi connectivity index (χ1v) is 8.58. The van der Waals surface area contributed by atoms with Gasteiger partial charge in [0.05, 0.1) is 7.11 Å². The highest BCUT2D eigenvalue weighted by Gasteiger charge is 2.47. The molecule has 122 valence electrons. The monoisotopic (exact) mass is 312 g/mol. The summed E-state index contributed by atoms with van der Waals surface area (Å²) in [6.07, 6.45) is 6.55. The van der Waals surface area contributed by atoms with E-state index in [0.717, 1.165) is 44.8 Å². The summed E-state index contributed by atoms with van der Waals surface area (Å²) in [5.74, 6) is 1.79. The van der Waals surface area contributed by atoms with E-state index in [9.17, 15) is 4.79 Å². The zero-order chi connectivity index (χ0) is 15.8. The molecule has 1 aromatic rings. The third-order valence-corrected chi connectivity index (χ3v) is 5.47. The quantitative estimate of drug-likeness (QED) is 0.800. The summed E-state index contributed by atoms with van der Waals surface area (Å²) in [5, 5.41) is 0. The second-order valence-corrected chi connectivity index (χ2v) is 6.88. The minimum atomic E-state index is 0.178. The lowest BCUT2D eigenvalue weighted by atomic mass is 10.1. The molecule has 0 aromatic heterocycles. The first-order chi connectivity index (χ1) is 11.3. The normalized spacial score (nSPS) is 30.0. The van der Waals surface area contributed by atoms with Crippen LogP contribution in [0.3, 0.4) is 0 Å². The summed E-state index contributed by atoms with van der Waals surface area (Å²) in [6.45, 7) is 3.91. The van der Waals surface area contributed by atoms with Gasteiger partial charge in [0.25, 0.3) is 0 Å². The number of benzene rings is 1. The molecule has 3 aliphatic rings. The average molecular weight is 312 g/mol. The Labute approximate surface area is 137 Å². The van der Waals surface area contributed by atoms with Crippen molar-refractivity contribution < 1.29 is 9.53 Å². The molecule has 0 spiro atoms. The Hall–Kier alpha value is -1.81. The zero-order valence-electron chi connectivity index (χ0n) is 13.6. The highest BCUT2D eigenvalue weighted by Crippen LogP contribution is 2.49. The number of nitrogens with zero attached hydrogens (tertiary/aromatic N) is 2. The van der Waals surface area contributed by atoms with E-state index in [2.05, 4.69) is 34.1 Å². The molecular weight excluding hydrogens is 288 g/mol. The smallest absolute Gasteiger partial charge is 0.226 e. The van der Waals surface area contributed by atoms with Crippen molar-refractivity contribution in [3.63, 3.8) is 0 Å². The van der Waals surface area contributed by atoms with Crippen molar-refractivity contribution in [1.29, 1.82) is 0 Å². The van der Waals surface area contributed by atoms with Crippen LogP contribution in [0.4, 0.5) is 0 Å². The van der Waals surface area contributed by atoms with E-state index in [1.807, 2.05) is 12.1 Å². The maximum atomic E-state index is 12.8. The van der Waals surface area contributed by atoms with Gasteiger partial charge in [-0.3, -0.25) is 9.69 Å². The van der Waals surface area contributed by atoms with E-state index >= 15 is 0 Å². The molecule has 4 nitrogen and oxygen atoms in total. The largest absolute Gasteiger partial charge is 0.497 e. The molecule has 0 unspecified atom stereocenters. The fourth-order valence-electron chi connectivity index (χ4n) is 3.98. The van der Waals surface area contributed by atoms with E-state index in [0.29, 0.717) is 17.9 Å².